The zero-order valence-electron chi connectivity index (χ0n) is 12.2. The third kappa shape index (κ3) is 3.64. The van der Waals surface area contributed by atoms with E-state index >= 15 is 0 Å². The number of nitrogens with zero attached hydrogens (tertiary/aromatic N) is 3. The standard InChI is InChI=1S/C15H18N4OS/c1-9(2)11-5-6-12(16-8-11)14(20)18-15-17-13(19-21-15)7-10-3-4-10/h5-6,8-10H,3-4,7H2,1-2H3,(H,17,18,19,20). The Balaban J connectivity index is 1.63. The lowest BCUT2D eigenvalue weighted by molar-refractivity contribution is 0.102. The molecule has 110 valence electrons. The lowest BCUT2D eigenvalue weighted by Gasteiger charge is -2.05. The predicted octanol–water partition coefficient (Wildman–Crippen LogP) is 3.26. The maximum atomic E-state index is 12.1. The fraction of sp³-hybridized carbons (Fsp3) is 0.467. The van der Waals surface area contributed by atoms with Gasteiger partial charge in [-0.1, -0.05) is 19.9 Å². The van der Waals surface area contributed by atoms with Gasteiger partial charge in [0.1, 0.15) is 11.5 Å². The smallest absolute Gasteiger partial charge is 0.276 e. The molecule has 1 fully saturated rings. The maximum Gasteiger partial charge on any atom is 0.276 e. The van der Waals surface area contributed by atoms with Crippen LogP contribution in [0.2, 0.25) is 0 Å². The van der Waals surface area contributed by atoms with Gasteiger partial charge in [0, 0.05) is 24.2 Å². The Morgan fingerprint density at radius 3 is 2.86 bits per heavy atom. The van der Waals surface area contributed by atoms with Crippen LogP contribution in [-0.4, -0.2) is 20.2 Å². The van der Waals surface area contributed by atoms with Gasteiger partial charge in [0.05, 0.1) is 0 Å². The van der Waals surface area contributed by atoms with Crippen molar-refractivity contribution < 1.29 is 4.79 Å². The summed E-state index contributed by atoms with van der Waals surface area (Å²) >= 11 is 1.23. The highest BCUT2D eigenvalue weighted by atomic mass is 32.1. The summed E-state index contributed by atoms with van der Waals surface area (Å²) in [5.74, 6) is 1.75. The molecule has 0 aromatic carbocycles. The van der Waals surface area contributed by atoms with Crippen LogP contribution < -0.4 is 5.32 Å². The summed E-state index contributed by atoms with van der Waals surface area (Å²) in [4.78, 5) is 20.7. The third-order valence-corrected chi connectivity index (χ3v) is 4.21. The molecule has 0 bridgehead atoms. The van der Waals surface area contributed by atoms with E-state index in [9.17, 15) is 4.79 Å². The Morgan fingerprint density at radius 2 is 2.24 bits per heavy atom. The van der Waals surface area contributed by atoms with Crippen molar-refractivity contribution >= 4 is 22.6 Å². The molecule has 2 aromatic heterocycles. The van der Waals surface area contributed by atoms with Crippen LogP contribution in [0.15, 0.2) is 18.3 Å². The van der Waals surface area contributed by atoms with E-state index in [-0.39, 0.29) is 5.91 Å². The van der Waals surface area contributed by atoms with E-state index in [1.165, 1.54) is 24.4 Å². The molecule has 0 spiro atoms. The number of hydrogen-bond donors (Lipinski definition) is 1. The van der Waals surface area contributed by atoms with E-state index in [1.54, 1.807) is 12.3 Å². The molecule has 1 saturated carbocycles. The molecular formula is C15H18N4OS. The topological polar surface area (TPSA) is 67.8 Å². The average Bonchev–Trinajstić information content (AvgIpc) is 3.18. The molecule has 21 heavy (non-hydrogen) atoms. The van der Waals surface area contributed by atoms with Gasteiger partial charge in [-0.25, -0.2) is 4.98 Å². The Bertz CT molecular complexity index is 631. The van der Waals surface area contributed by atoms with Crippen LogP contribution in [0, 0.1) is 5.92 Å². The number of carbonyl (C=O) groups is 1. The van der Waals surface area contributed by atoms with Crippen LogP contribution in [0.1, 0.15) is 54.5 Å². The van der Waals surface area contributed by atoms with Gasteiger partial charge in [-0.2, -0.15) is 4.37 Å². The van der Waals surface area contributed by atoms with E-state index in [4.69, 9.17) is 0 Å². The summed E-state index contributed by atoms with van der Waals surface area (Å²) in [5, 5.41) is 3.31. The summed E-state index contributed by atoms with van der Waals surface area (Å²) in [6, 6.07) is 3.68. The molecule has 6 heteroatoms. The van der Waals surface area contributed by atoms with Crippen LogP contribution in [0.4, 0.5) is 5.13 Å². The molecule has 1 amide bonds. The second kappa shape index (κ2) is 5.89. The minimum Gasteiger partial charge on any atom is -0.295 e. The first-order valence-electron chi connectivity index (χ1n) is 7.21. The van der Waals surface area contributed by atoms with Crippen molar-refractivity contribution in [1.82, 2.24) is 14.3 Å². The number of hydrogen-bond acceptors (Lipinski definition) is 5. The molecule has 0 aliphatic heterocycles. The van der Waals surface area contributed by atoms with Crippen molar-refractivity contribution in [2.45, 2.75) is 39.0 Å². The fourth-order valence-corrected chi connectivity index (χ4v) is 2.60. The van der Waals surface area contributed by atoms with Crippen molar-refractivity contribution in [1.29, 1.82) is 0 Å². The molecule has 0 atom stereocenters. The molecule has 3 rings (SSSR count). The third-order valence-electron chi connectivity index (χ3n) is 3.54. The van der Waals surface area contributed by atoms with Crippen molar-refractivity contribution in [3.05, 3.63) is 35.4 Å². The highest BCUT2D eigenvalue weighted by molar-refractivity contribution is 7.09. The normalized spacial score (nSPS) is 14.4. The van der Waals surface area contributed by atoms with Gasteiger partial charge in [0.15, 0.2) is 0 Å². The van der Waals surface area contributed by atoms with Crippen molar-refractivity contribution in [3.63, 3.8) is 0 Å². The lowest BCUT2D eigenvalue weighted by atomic mass is 10.1. The molecule has 2 aromatic rings. The van der Waals surface area contributed by atoms with E-state index in [1.807, 2.05) is 6.07 Å². The van der Waals surface area contributed by atoms with E-state index in [0.717, 1.165) is 23.7 Å². The van der Waals surface area contributed by atoms with Crippen molar-refractivity contribution in [2.75, 3.05) is 5.32 Å². The zero-order chi connectivity index (χ0) is 14.8. The first-order valence-corrected chi connectivity index (χ1v) is 7.99. The number of nitrogens with one attached hydrogen (secondary N) is 1. The molecular weight excluding hydrogens is 284 g/mol. The predicted molar refractivity (Wildman–Crippen MR) is 82.6 cm³/mol. The monoisotopic (exact) mass is 302 g/mol. The van der Waals surface area contributed by atoms with Crippen LogP contribution in [-0.2, 0) is 6.42 Å². The average molecular weight is 302 g/mol. The quantitative estimate of drug-likeness (QED) is 0.920. The highest BCUT2D eigenvalue weighted by Gasteiger charge is 2.23. The Kier molecular flexibility index (Phi) is 3.96. The Labute approximate surface area is 128 Å². The van der Waals surface area contributed by atoms with Gasteiger partial charge in [-0.05, 0) is 36.3 Å². The fourth-order valence-electron chi connectivity index (χ4n) is 2.01. The number of aromatic nitrogens is 3. The maximum absolute atomic E-state index is 12.1. The van der Waals surface area contributed by atoms with Gasteiger partial charge in [0.25, 0.3) is 5.91 Å². The van der Waals surface area contributed by atoms with Crippen LogP contribution in [0.3, 0.4) is 0 Å². The van der Waals surface area contributed by atoms with Gasteiger partial charge < -0.3 is 0 Å². The number of rotatable bonds is 5. The van der Waals surface area contributed by atoms with Crippen molar-refractivity contribution in [3.8, 4) is 0 Å². The number of amides is 1. The van der Waals surface area contributed by atoms with Crippen LogP contribution >= 0.6 is 11.5 Å². The van der Waals surface area contributed by atoms with Gasteiger partial charge in [-0.15, -0.1) is 0 Å². The van der Waals surface area contributed by atoms with Gasteiger partial charge in [0.2, 0.25) is 5.13 Å². The minimum absolute atomic E-state index is 0.237. The molecule has 0 saturated heterocycles. The van der Waals surface area contributed by atoms with Gasteiger partial charge >= 0.3 is 0 Å². The first-order chi connectivity index (χ1) is 10.1. The van der Waals surface area contributed by atoms with Gasteiger partial charge in [-0.3, -0.25) is 15.1 Å². The summed E-state index contributed by atoms with van der Waals surface area (Å²) < 4.78 is 4.28. The summed E-state index contributed by atoms with van der Waals surface area (Å²) in [6.07, 6.45) is 5.21. The highest BCUT2D eigenvalue weighted by Crippen LogP contribution is 2.32. The summed E-state index contributed by atoms with van der Waals surface area (Å²) in [6.45, 7) is 4.19. The number of carbonyl (C=O) groups excluding carboxylic acids is 1. The van der Waals surface area contributed by atoms with E-state index in [0.29, 0.717) is 16.7 Å². The summed E-state index contributed by atoms with van der Waals surface area (Å²) in [7, 11) is 0. The molecule has 5 nitrogen and oxygen atoms in total. The Hall–Kier alpha value is -1.82. The largest absolute Gasteiger partial charge is 0.295 e. The molecule has 1 aliphatic carbocycles. The van der Waals surface area contributed by atoms with Crippen LogP contribution in [0.5, 0.6) is 0 Å². The minimum atomic E-state index is -0.237. The number of anilines is 1. The molecule has 1 aliphatic rings. The van der Waals surface area contributed by atoms with E-state index < -0.39 is 0 Å². The van der Waals surface area contributed by atoms with E-state index in [2.05, 4.69) is 33.5 Å². The SMILES string of the molecule is CC(C)c1ccc(C(=O)Nc2nc(CC3CC3)ns2)nc1. The Morgan fingerprint density at radius 1 is 1.43 bits per heavy atom. The van der Waals surface area contributed by atoms with Crippen molar-refractivity contribution in [2.24, 2.45) is 5.92 Å². The summed E-state index contributed by atoms with van der Waals surface area (Å²) in [5.41, 5.74) is 1.52. The lowest BCUT2D eigenvalue weighted by Crippen LogP contribution is -2.13. The molecule has 0 unspecified atom stereocenters. The van der Waals surface area contributed by atoms with Crippen LogP contribution in [0.25, 0.3) is 0 Å². The number of pyridine rings is 1. The first kappa shape index (κ1) is 14.1. The second-order valence-corrected chi connectivity index (χ2v) is 6.50. The molecule has 1 N–H and O–H groups in total. The second-order valence-electron chi connectivity index (χ2n) is 5.75. The molecule has 0 radical (unpaired) electrons. The zero-order valence-corrected chi connectivity index (χ0v) is 13.0. The molecule has 2 heterocycles.